The van der Waals surface area contributed by atoms with Crippen molar-refractivity contribution in [2.45, 2.75) is 0 Å². The van der Waals surface area contributed by atoms with Crippen molar-refractivity contribution in [1.82, 2.24) is 9.97 Å². The molecule has 0 radical (unpaired) electrons. The van der Waals surface area contributed by atoms with Crippen molar-refractivity contribution in [2.24, 2.45) is 0 Å². The Hall–Kier alpha value is -3.31. The van der Waals surface area contributed by atoms with Crippen LogP contribution in [-0.2, 0) is 9.53 Å². The summed E-state index contributed by atoms with van der Waals surface area (Å²) in [6, 6.07) is 12.4. The zero-order valence-electron chi connectivity index (χ0n) is 13.3. The molecule has 0 saturated carbocycles. The van der Waals surface area contributed by atoms with Gasteiger partial charge in [0, 0.05) is 6.08 Å². The van der Waals surface area contributed by atoms with E-state index in [4.69, 9.17) is 9.15 Å². The SMILES string of the molecule is N#CC(=C(O)COC(=O)C=Cc1ccc(Br)o1)c1nc2ccccc2[nH]1. The number of H-pyrrole nitrogens is 1. The van der Waals surface area contributed by atoms with Crippen LogP contribution >= 0.6 is 15.9 Å². The van der Waals surface area contributed by atoms with E-state index in [-0.39, 0.29) is 11.4 Å². The summed E-state index contributed by atoms with van der Waals surface area (Å²) in [5.74, 6) is -0.410. The van der Waals surface area contributed by atoms with Crippen molar-refractivity contribution in [3.05, 3.63) is 64.5 Å². The number of furan rings is 1. The van der Waals surface area contributed by atoms with Gasteiger partial charge in [-0.2, -0.15) is 5.26 Å². The summed E-state index contributed by atoms with van der Waals surface area (Å²) in [4.78, 5) is 18.9. The zero-order valence-corrected chi connectivity index (χ0v) is 14.9. The zero-order chi connectivity index (χ0) is 18.5. The molecule has 0 unspecified atom stereocenters. The summed E-state index contributed by atoms with van der Waals surface area (Å²) >= 11 is 3.15. The number of imidazole rings is 1. The Labute approximate surface area is 156 Å². The number of aliphatic hydroxyl groups excluding tert-OH is 1. The molecule has 3 aromatic rings. The molecule has 0 aliphatic rings. The molecular formula is C18H12BrN3O4. The lowest BCUT2D eigenvalue weighted by molar-refractivity contribution is -0.137. The first-order valence-corrected chi connectivity index (χ1v) is 8.23. The third kappa shape index (κ3) is 4.02. The minimum atomic E-state index is -0.689. The number of aliphatic hydroxyl groups is 1. The molecule has 8 heteroatoms. The van der Waals surface area contributed by atoms with Gasteiger partial charge in [-0.1, -0.05) is 12.1 Å². The van der Waals surface area contributed by atoms with Gasteiger partial charge in [-0.25, -0.2) is 9.78 Å². The highest BCUT2D eigenvalue weighted by molar-refractivity contribution is 9.10. The fourth-order valence-corrected chi connectivity index (χ4v) is 2.47. The Kier molecular flexibility index (Phi) is 5.20. The van der Waals surface area contributed by atoms with Crippen LogP contribution in [0.15, 0.2) is 57.3 Å². The largest absolute Gasteiger partial charge is 0.507 e. The second-order valence-electron chi connectivity index (χ2n) is 5.12. The van der Waals surface area contributed by atoms with Gasteiger partial charge in [-0.15, -0.1) is 0 Å². The topological polar surface area (TPSA) is 112 Å². The monoisotopic (exact) mass is 413 g/mol. The minimum absolute atomic E-state index is 0.0899. The van der Waals surface area contributed by atoms with Crippen molar-refractivity contribution >= 4 is 44.6 Å². The number of aromatic nitrogens is 2. The molecule has 0 bridgehead atoms. The molecule has 1 aromatic carbocycles. The van der Waals surface area contributed by atoms with Crippen LogP contribution in [0.5, 0.6) is 0 Å². The average molecular weight is 414 g/mol. The molecule has 2 heterocycles. The molecular weight excluding hydrogens is 402 g/mol. The molecule has 0 fully saturated rings. The van der Waals surface area contributed by atoms with E-state index in [9.17, 15) is 15.2 Å². The van der Waals surface area contributed by atoms with Crippen LogP contribution in [0.1, 0.15) is 11.6 Å². The fourth-order valence-electron chi connectivity index (χ4n) is 2.15. The first-order chi connectivity index (χ1) is 12.6. The van der Waals surface area contributed by atoms with Crippen LogP contribution in [0.3, 0.4) is 0 Å². The molecule has 3 rings (SSSR count). The molecule has 2 N–H and O–H groups in total. The number of allylic oxidation sites excluding steroid dienone is 1. The van der Waals surface area contributed by atoms with Crippen molar-refractivity contribution in [3.8, 4) is 6.07 Å². The lowest BCUT2D eigenvalue weighted by Gasteiger charge is -2.03. The summed E-state index contributed by atoms with van der Waals surface area (Å²) < 4.78 is 10.7. The first kappa shape index (κ1) is 17.5. The van der Waals surface area contributed by atoms with E-state index in [2.05, 4.69) is 25.9 Å². The summed E-state index contributed by atoms with van der Waals surface area (Å²) in [6.07, 6.45) is 2.59. The molecule has 0 spiro atoms. The number of rotatable bonds is 5. The van der Waals surface area contributed by atoms with Crippen LogP contribution in [-0.4, -0.2) is 27.7 Å². The highest BCUT2D eigenvalue weighted by Gasteiger charge is 2.14. The maximum absolute atomic E-state index is 11.7. The molecule has 130 valence electrons. The van der Waals surface area contributed by atoms with E-state index in [1.165, 1.54) is 6.08 Å². The van der Waals surface area contributed by atoms with Crippen LogP contribution in [0.25, 0.3) is 22.7 Å². The summed E-state index contributed by atoms with van der Waals surface area (Å²) in [5.41, 5.74) is 1.30. The number of hydrogen-bond donors (Lipinski definition) is 2. The van der Waals surface area contributed by atoms with Gasteiger partial charge in [-0.05, 0) is 46.3 Å². The van der Waals surface area contributed by atoms with Crippen LogP contribution in [0.4, 0.5) is 0 Å². The third-order valence-electron chi connectivity index (χ3n) is 3.36. The fraction of sp³-hybridized carbons (Fsp3) is 0.0556. The van der Waals surface area contributed by atoms with E-state index >= 15 is 0 Å². The van der Waals surface area contributed by atoms with E-state index in [0.717, 1.165) is 11.6 Å². The predicted octanol–water partition coefficient (Wildman–Crippen LogP) is 3.97. The van der Waals surface area contributed by atoms with Gasteiger partial charge in [0.2, 0.25) is 0 Å². The number of benzene rings is 1. The molecule has 26 heavy (non-hydrogen) atoms. The van der Waals surface area contributed by atoms with Crippen molar-refractivity contribution in [3.63, 3.8) is 0 Å². The number of nitrogens with zero attached hydrogens (tertiary/aromatic N) is 2. The third-order valence-corrected chi connectivity index (χ3v) is 3.78. The van der Waals surface area contributed by atoms with Gasteiger partial charge >= 0.3 is 5.97 Å². The van der Waals surface area contributed by atoms with Crippen LogP contribution in [0.2, 0.25) is 0 Å². The molecule has 7 nitrogen and oxygen atoms in total. The number of nitrogens with one attached hydrogen (secondary N) is 1. The summed E-state index contributed by atoms with van der Waals surface area (Å²) in [6.45, 7) is -0.453. The molecule has 2 aromatic heterocycles. The van der Waals surface area contributed by atoms with Gasteiger partial charge < -0.3 is 19.2 Å². The van der Waals surface area contributed by atoms with Gasteiger partial charge in [0.05, 0.1) is 11.0 Å². The van der Waals surface area contributed by atoms with Gasteiger partial charge in [0.1, 0.15) is 24.0 Å². The Balaban J connectivity index is 1.69. The van der Waals surface area contributed by atoms with Crippen LogP contribution < -0.4 is 0 Å². The normalized spacial score (nSPS) is 12.2. The number of halogens is 1. The van der Waals surface area contributed by atoms with Gasteiger partial charge in [0.25, 0.3) is 0 Å². The molecule has 0 saturated heterocycles. The van der Waals surface area contributed by atoms with E-state index in [1.54, 1.807) is 24.3 Å². The highest BCUT2D eigenvalue weighted by Crippen LogP contribution is 2.19. The quantitative estimate of drug-likeness (QED) is 0.283. The number of aromatic amines is 1. The molecule has 0 aliphatic heterocycles. The number of carbonyl (C=O) groups excluding carboxylic acids is 1. The average Bonchev–Trinajstić information content (AvgIpc) is 3.24. The van der Waals surface area contributed by atoms with Crippen molar-refractivity contribution in [1.29, 1.82) is 5.26 Å². The standard InChI is InChI=1S/C18H12BrN3O4/c19-16-7-5-11(26-16)6-8-17(24)25-10-15(23)12(9-20)18-21-13-3-1-2-4-14(13)22-18/h1-8,23H,10H2,(H,21,22). The number of fused-ring (bicyclic) bond motifs is 1. The Bertz CT molecular complexity index is 1020. The maximum Gasteiger partial charge on any atom is 0.331 e. The number of carbonyl (C=O) groups is 1. The molecule has 0 atom stereocenters. The van der Waals surface area contributed by atoms with Crippen LogP contribution in [0, 0.1) is 11.3 Å². The van der Waals surface area contributed by atoms with Crippen molar-refractivity contribution < 1.29 is 19.1 Å². The maximum atomic E-state index is 11.7. The number of ether oxygens (including phenoxy) is 1. The number of hydrogen-bond acceptors (Lipinski definition) is 6. The number of nitriles is 1. The predicted molar refractivity (Wildman–Crippen MR) is 97.7 cm³/mol. The van der Waals surface area contributed by atoms with Gasteiger partial charge in [0.15, 0.2) is 16.3 Å². The second kappa shape index (κ2) is 7.72. The summed E-state index contributed by atoms with van der Waals surface area (Å²) in [5, 5.41) is 19.4. The van der Waals surface area contributed by atoms with E-state index < -0.39 is 18.3 Å². The van der Waals surface area contributed by atoms with Gasteiger partial charge in [-0.3, -0.25) is 0 Å². The smallest absolute Gasteiger partial charge is 0.331 e. The van der Waals surface area contributed by atoms with E-state index in [1.807, 2.05) is 18.2 Å². The van der Waals surface area contributed by atoms with Crippen molar-refractivity contribution in [2.75, 3.05) is 6.61 Å². The number of esters is 1. The minimum Gasteiger partial charge on any atom is -0.507 e. The summed E-state index contributed by atoms with van der Waals surface area (Å²) in [7, 11) is 0. The lowest BCUT2D eigenvalue weighted by Crippen LogP contribution is -2.06. The second-order valence-corrected chi connectivity index (χ2v) is 5.90. The first-order valence-electron chi connectivity index (χ1n) is 7.44. The number of para-hydroxylation sites is 2. The Morgan fingerprint density at radius 2 is 2.19 bits per heavy atom. The Morgan fingerprint density at radius 3 is 2.88 bits per heavy atom. The lowest BCUT2D eigenvalue weighted by atomic mass is 10.2. The highest BCUT2D eigenvalue weighted by atomic mass is 79.9. The van der Waals surface area contributed by atoms with E-state index in [0.29, 0.717) is 15.9 Å². The molecule has 0 amide bonds. The molecule has 0 aliphatic carbocycles. The Morgan fingerprint density at radius 1 is 1.38 bits per heavy atom.